The van der Waals surface area contributed by atoms with Crippen molar-refractivity contribution < 1.29 is 9.59 Å². The largest absolute Gasteiger partial charge is 0.328 e. The molecule has 1 fully saturated rings. The van der Waals surface area contributed by atoms with Crippen molar-refractivity contribution in [1.82, 2.24) is 10.2 Å². The summed E-state index contributed by atoms with van der Waals surface area (Å²) >= 11 is 0. The van der Waals surface area contributed by atoms with Crippen molar-refractivity contribution in [3.63, 3.8) is 0 Å². The molecule has 1 heterocycles. The number of nitrogens with zero attached hydrogens (tertiary/aromatic N) is 1. The van der Waals surface area contributed by atoms with Gasteiger partial charge in [-0.25, -0.2) is 4.79 Å². The van der Waals surface area contributed by atoms with E-state index in [-0.39, 0.29) is 11.9 Å². The van der Waals surface area contributed by atoms with Crippen LogP contribution in [0.15, 0.2) is 48.2 Å². The first kappa shape index (κ1) is 12.4. The van der Waals surface area contributed by atoms with Gasteiger partial charge < -0.3 is 5.32 Å². The molecule has 0 aromatic heterocycles. The van der Waals surface area contributed by atoms with Gasteiger partial charge in [-0.1, -0.05) is 36.4 Å². The highest BCUT2D eigenvalue weighted by Crippen LogP contribution is 2.19. The topological polar surface area (TPSA) is 49.4 Å². The van der Waals surface area contributed by atoms with E-state index >= 15 is 0 Å². The summed E-state index contributed by atoms with van der Waals surface area (Å²) in [6.07, 6.45) is 1.71. The molecule has 4 nitrogen and oxygen atoms in total. The summed E-state index contributed by atoms with van der Waals surface area (Å²) in [6.45, 7) is 2.15. The zero-order valence-corrected chi connectivity index (χ0v) is 11.1. The highest BCUT2D eigenvalue weighted by atomic mass is 16.2. The highest BCUT2D eigenvalue weighted by molar-refractivity contribution is 6.14. The number of hydrogen-bond donors (Lipinski definition) is 1. The summed E-state index contributed by atoms with van der Waals surface area (Å²) in [5.41, 5.74) is 1.22. The van der Waals surface area contributed by atoms with E-state index < -0.39 is 0 Å². The molecule has 0 bridgehead atoms. The Morgan fingerprint density at radius 1 is 1.10 bits per heavy atom. The SMILES string of the molecule is CCN1C(=O)N/C(=C\c2ccc3ccccc3c2)C1=O. The maximum Gasteiger partial charge on any atom is 0.328 e. The Morgan fingerprint density at radius 2 is 1.85 bits per heavy atom. The lowest BCUT2D eigenvalue weighted by atomic mass is 10.1. The van der Waals surface area contributed by atoms with Crippen molar-refractivity contribution >= 4 is 28.8 Å². The van der Waals surface area contributed by atoms with E-state index in [0.717, 1.165) is 16.3 Å². The molecule has 1 aliphatic heterocycles. The van der Waals surface area contributed by atoms with E-state index in [1.54, 1.807) is 13.0 Å². The molecule has 3 rings (SSSR count). The zero-order valence-electron chi connectivity index (χ0n) is 11.1. The van der Waals surface area contributed by atoms with Crippen molar-refractivity contribution in [3.05, 3.63) is 53.7 Å². The fourth-order valence-electron chi connectivity index (χ4n) is 2.32. The van der Waals surface area contributed by atoms with Gasteiger partial charge in [0, 0.05) is 6.54 Å². The van der Waals surface area contributed by atoms with Crippen LogP contribution in [0.3, 0.4) is 0 Å². The van der Waals surface area contributed by atoms with Gasteiger partial charge in [0.2, 0.25) is 0 Å². The molecule has 2 aromatic carbocycles. The molecule has 3 amide bonds. The number of hydrogen-bond acceptors (Lipinski definition) is 2. The van der Waals surface area contributed by atoms with Crippen LogP contribution in [0.4, 0.5) is 4.79 Å². The summed E-state index contributed by atoms with van der Waals surface area (Å²) in [7, 11) is 0. The van der Waals surface area contributed by atoms with Gasteiger partial charge >= 0.3 is 6.03 Å². The van der Waals surface area contributed by atoms with Gasteiger partial charge in [0.15, 0.2) is 0 Å². The zero-order chi connectivity index (χ0) is 14.1. The third kappa shape index (κ3) is 2.05. The minimum atomic E-state index is -0.357. The second-order valence-electron chi connectivity index (χ2n) is 4.64. The number of rotatable bonds is 2. The van der Waals surface area contributed by atoms with Crippen LogP contribution >= 0.6 is 0 Å². The van der Waals surface area contributed by atoms with E-state index in [1.807, 2.05) is 42.5 Å². The minimum Gasteiger partial charge on any atom is -0.303 e. The fourth-order valence-corrected chi connectivity index (χ4v) is 2.32. The average Bonchev–Trinajstić information content (AvgIpc) is 2.73. The molecule has 4 heteroatoms. The van der Waals surface area contributed by atoms with Gasteiger partial charge in [-0.3, -0.25) is 9.69 Å². The lowest BCUT2D eigenvalue weighted by Gasteiger charge is -2.06. The predicted molar refractivity (Wildman–Crippen MR) is 77.8 cm³/mol. The molecule has 20 heavy (non-hydrogen) atoms. The van der Waals surface area contributed by atoms with Crippen molar-refractivity contribution in [2.24, 2.45) is 0 Å². The molecular weight excluding hydrogens is 252 g/mol. The summed E-state index contributed by atoms with van der Waals surface area (Å²) in [6, 6.07) is 13.6. The van der Waals surface area contributed by atoms with Crippen LogP contribution in [0.5, 0.6) is 0 Å². The van der Waals surface area contributed by atoms with Gasteiger partial charge in [-0.05, 0) is 35.4 Å². The number of imide groups is 1. The van der Waals surface area contributed by atoms with Gasteiger partial charge in [0.1, 0.15) is 5.70 Å². The number of amides is 3. The van der Waals surface area contributed by atoms with Crippen LogP contribution < -0.4 is 5.32 Å². The quantitative estimate of drug-likeness (QED) is 0.671. The molecule has 0 atom stereocenters. The minimum absolute atomic E-state index is 0.273. The Bertz CT molecular complexity index is 734. The van der Waals surface area contributed by atoms with Crippen LogP contribution in [0.25, 0.3) is 16.8 Å². The maximum atomic E-state index is 12.0. The fraction of sp³-hybridized carbons (Fsp3) is 0.125. The second kappa shape index (κ2) is 4.81. The maximum absolute atomic E-state index is 12.0. The van der Waals surface area contributed by atoms with Crippen molar-refractivity contribution in [2.45, 2.75) is 6.92 Å². The molecule has 0 aliphatic carbocycles. The standard InChI is InChI=1S/C16H14N2O2/c1-2-18-15(19)14(17-16(18)20)10-11-7-8-12-5-3-4-6-13(12)9-11/h3-10H,2H2,1H3,(H,17,20)/b14-10-. The smallest absolute Gasteiger partial charge is 0.303 e. The second-order valence-corrected chi connectivity index (χ2v) is 4.64. The Morgan fingerprint density at radius 3 is 2.55 bits per heavy atom. The first-order valence-corrected chi connectivity index (χ1v) is 6.52. The Kier molecular flexibility index (Phi) is 2.99. The number of urea groups is 1. The first-order valence-electron chi connectivity index (χ1n) is 6.52. The molecule has 100 valence electrons. The lowest BCUT2D eigenvalue weighted by molar-refractivity contribution is -0.122. The van der Waals surface area contributed by atoms with Gasteiger partial charge in [-0.15, -0.1) is 0 Å². The molecular formula is C16H14N2O2. The van der Waals surface area contributed by atoms with Crippen LogP contribution in [0, 0.1) is 0 Å². The van der Waals surface area contributed by atoms with E-state index in [2.05, 4.69) is 5.32 Å². The molecule has 1 saturated heterocycles. The Hall–Kier alpha value is -2.62. The average molecular weight is 266 g/mol. The first-order chi connectivity index (χ1) is 9.69. The van der Waals surface area contributed by atoms with Crippen molar-refractivity contribution in [2.75, 3.05) is 6.54 Å². The van der Waals surface area contributed by atoms with Crippen molar-refractivity contribution in [3.8, 4) is 0 Å². The molecule has 1 N–H and O–H groups in total. The molecule has 0 spiro atoms. The normalized spacial score (nSPS) is 17.1. The number of carbonyl (C=O) groups excluding carboxylic acids is 2. The predicted octanol–water partition coefficient (Wildman–Crippen LogP) is 2.75. The van der Waals surface area contributed by atoms with Gasteiger partial charge in [-0.2, -0.15) is 0 Å². The van der Waals surface area contributed by atoms with Gasteiger partial charge in [0.25, 0.3) is 5.91 Å². The summed E-state index contributed by atoms with van der Waals surface area (Å²) in [5.74, 6) is -0.273. The lowest BCUT2D eigenvalue weighted by Crippen LogP contribution is -2.30. The van der Waals surface area contributed by atoms with Gasteiger partial charge in [0.05, 0.1) is 0 Å². The van der Waals surface area contributed by atoms with E-state index in [0.29, 0.717) is 12.2 Å². The number of fused-ring (bicyclic) bond motifs is 1. The number of likely N-dealkylation sites (N-methyl/N-ethyl adjacent to an activating group) is 1. The van der Waals surface area contributed by atoms with Crippen molar-refractivity contribution in [1.29, 1.82) is 0 Å². The molecule has 2 aromatic rings. The van der Waals surface area contributed by atoms with E-state index in [4.69, 9.17) is 0 Å². The summed E-state index contributed by atoms with van der Waals surface area (Å²) in [4.78, 5) is 24.8. The van der Waals surface area contributed by atoms with E-state index in [1.165, 1.54) is 4.90 Å². The van der Waals surface area contributed by atoms with Crippen LogP contribution in [0.2, 0.25) is 0 Å². The number of carbonyl (C=O) groups is 2. The Balaban J connectivity index is 1.98. The molecule has 0 unspecified atom stereocenters. The van der Waals surface area contributed by atoms with Crippen LogP contribution in [0.1, 0.15) is 12.5 Å². The third-order valence-electron chi connectivity index (χ3n) is 3.36. The molecule has 1 aliphatic rings. The summed E-state index contributed by atoms with van der Waals surface area (Å²) < 4.78 is 0. The monoisotopic (exact) mass is 266 g/mol. The highest BCUT2D eigenvalue weighted by Gasteiger charge is 2.31. The third-order valence-corrected chi connectivity index (χ3v) is 3.36. The number of benzene rings is 2. The summed E-state index contributed by atoms with van der Waals surface area (Å²) in [5, 5.41) is 4.85. The van der Waals surface area contributed by atoms with Crippen LogP contribution in [-0.2, 0) is 4.79 Å². The molecule has 0 radical (unpaired) electrons. The number of nitrogens with one attached hydrogen (secondary N) is 1. The van der Waals surface area contributed by atoms with E-state index in [9.17, 15) is 9.59 Å². The van der Waals surface area contributed by atoms with Crippen LogP contribution in [-0.4, -0.2) is 23.4 Å². The molecule has 0 saturated carbocycles. The Labute approximate surface area is 116 Å².